The van der Waals surface area contributed by atoms with E-state index >= 15 is 0 Å². The van der Waals surface area contributed by atoms with Gasteiger partial charge in [-0.25, -0.2) is 9.59 Å². The van der Waals surface area contributed by atoms with Crippen LogP contribution in [-0.2, 0) is 23.9 Å². The summed E-state index contributed by atoms with van der Waals surface area (Å²) in [7, 11) is 1.75. The fourth-order valence-corrected chi connectivity index (χ4v) is 1.68. The first kappa shape index (κ1) is 18.9. The molecule has 0 aromatic carbocycles. The minimum atomic E-state index is -5.27. The van der Waals surface area contributed by atoms with Crippen molar-refractivity contribution in [3.8, 4) is 0 Å². The van der Waals surface area contributed by atoms with Gasteiger partial charge in [-0.15, -0.1) is 0 Å². The molecule has 0 aliphatic carbocycles. The van der Waals surface area contributed by atoms with Gasteiger partial charge >= 0.3 is 24.0 Å². The van der Waals surface area contributed by atoms with Gasteiger partial charge in [0.25, 0.3) is 0 Å². The normalized spacial score (nSPS) is 13.7. The first-order chi connectivity index (χ1) is 9.57. The lowest BCUT2D eigenvalue weighted by atomic mass is 9.84. The molecule has 9 heteroatoms. The van der Waals surface area contributed by atoms with Crippen LogP contribution in [0.2, 0.25) is 0 Å². The van der Waals surface area contributed by atoms with E-state index in [0.717, 1.165) is 14.2 Å². The molecule has 0 aromatic heterocycles. The van der Waals surface area contributed by atoms with Gasteiger partial charge in [-0.2, -0.15) is 13.2 Å². The number of ether oxygens (including phenoxy) is 2. The quantitative estimate of drug-likeness (QED) is 0.465. The number of methoxy groups -OCH3 is 2. The number of carbonyl (C=O) groups is 3. The maximum atomic E-state index is 12.4. The molecule has 0 radical (unpaired) electrons. The molecule has 0 aromatic rings. The number of hydrogen-bond donors (Lipinski definition) is 1. The number of carbonyl (C=O) groups excluding carboxylic acids is 3. The molecule has 1 N–H and O–H groups in total. The Morgan fingerprint density at radius 2 is 1.52 bits per heavy atom. The molecule has 0 aliphatic heterocycles. The van der Waals surface area contributed by atoms with E-state index in [1.165, 1.54) is 31.3 Å². The minimum Gasteiger partial charge on any atom is -0.467 e. The number of esters is 2. The van der Waals surface area contributed by atoms with Gasteiger partial charge in [0.1, 0.15) is 0 Å². The fourth-order valence-electron chi connectivity index (χ4n) is 1.68. The second-order valence-electron chi connectivity index (χ2n) is 4.06. The molecule has 0 bridgehead atoms. The SMILES string of the molecule is C/C=C/[C@H](C)C(NC(=O)C(F)(F)F)(C(=O)OC)C(=O)OC. The average molecular weight is 311 g/mol. The van der Waals surface area contributed by atoms with Gasteiger partial charge in [-0.1, -0.05) is 19.1 Å². The molecule has 6 nitrogen and oxygen atoms in total. The predicted octanol–water partition coefficient (Wildman–Crippen LogP) is 0.962. The van der Waals surface area contributed by atoms with Gasteiger partial charge < -0.3 is 14.8 Å². The third-order valence-corrected chi connectivity index (χ3v) is 2.75. The van der Waals surface area contributed by atoms with Crippen molar-refractivity contribution in [2.24, 2.45) is 5.92 Å². The van der Waals surface area contributed by atoms with Gasteiger partial charge in [0.15, 0.2) is 0 Å². The Morgan fingerprint density at radius 1 is 1.10 bits per heavy atom. The van der Waals surface area contributed by atoms with Gasteiger partial charge in [0, 0.05) is 5.92 Å². The van der Waals surface area contributed by atoms with E-state index in [4.69, 9.17) is 0 Å². The molecule has 0 saturated heterocycles. The summed E-state index contributed by atoms with van der Waals surface area (Å²) in [6.07, 6.45) is -2.60. The van der Waals surface area contributed by atoms with Crippen LogP contribution in [-0.4, -0.2) is 43.8 Å². The van der Waals surface area contributed by atoms with Crippen LogP contribution in [0.5, 0.6) is 0 Å². The third-order valence-electron chi connectivity index (χ3n) is 2.75. The fraction of sp³-hybridized carbons (Fsp3) is 0.583. The summed E-state index contributed by atoms with van der Waals surface area (Å²) in [5.41, 5.74) is -2.62. The summed E-state index contributed by atoms with van der Waals surface area (Å²) in [6.45, 7) is 2.80. The van der Waals surface area contributed by atoms with E-state index in [0.29, 0.717) is 0 Å². The number of amides is 1. The van der Waals surface area contributed by atoms with Crippen molar-refractivity contribution >= 4 is 17.8 Å². The Kier molecular flexibility index (Phi) is 6.40. The maximum Gasteiger partial charge on any atom is 0.471 e. The zero-order chi connectivity index (χ0) is 16.8. The summed E-state index contributed by atoms with van der Waals surface area (Å²) in [4.78, 5) is 34.9. The maximum absolute atomic E-state index is 12.4. The minimum absolute atomic E-state index is 0.877. The van der Waals surface area contributed by atoms with Gasteiger partial charge in [-0.05, 0) is 6.92 Å². The van der Waals surface area contributed by atoms with E-state index in [1.54, 1.807) is 0 Å². The van der Waals surface area contributed by atoms with Crippen molar-refractivity contribution in [2.75, 3.05) is 14.2 Å². The lowest BCUT2D eigenvalue weighted by molar-refractivity contribution is -0.183. The van der Waals surface area contributed by atoms with E-state index in [2.05, 4.69) is 9.47 Å². The molecule has 0 rings (SSSR count). The van der Waals surface area contributed by atoms with Crippen LogP contribution in [0.15, 0.2) is 12.2 Å². The Balaban J connectivity index is 5.97. The molecule has 0 aliphatic rings. The molecule has 0 fully saturated rings. The second kappa shape index (κ2) is 7.09. The molecule has 0 saturated carbocycles. The second-order valence-corrected chi connectivity index (χ2v) is 4.06. The summed E-state index contributed by atoms with van der Waals surface area (Å²) in [5, 5.41) is 1.39. The Labute approximate surface area is 119 Å². The lowest BCUT2D eigenvalue weighted by Gasteiger charge is -2.33. The topological polar surface area (TPSA) is 81.7 Å². The highest BCUT2D eigenvalue weighted by Crippen LogP contribution is 2.25. The van der Waals surface area contributed by atoms with E-state index < -0.39 is 35.5 Å². The van der Waals surface area contributed by atoms with E-state index in [9.17, 15) is 27.6 Å². The molecule has 0 spiro atoms. The molecular formula is C12H16F3NO5. The third kappa shape index (κ3) is 3.96. The van der Waals surface area contributed by atoms with Gasteiger partial charge in [-0.3, -0.25) is 4.79 Å². The van der Waals surface area contributed by atoms with Crippen molar-refractivity contribution < 1.29 is 37.0 Å². The van der Waals surface area contributed by atoms with Crippen molar-refractivity contribution in [2.45, 2.75) is 25.6 Å². The summed E-state index contributed by atoms with van der Waals surface area (Å²) in [6, 6.07) is 0. The van der Waals surface area contributed by atoms with Crippen LogP contribution in [0.25, 0.3) is 0 Å². The summed E-state index contributed by atoms with van der Waals surface area (Å²) >= 11 is 0. The van der Waals surface area contributed by atoms with Crippen LogP contribution in [0.1, 0.15) is 13.8 Å². The van der Waals surface area contributed by atoms with Crippen LogP contribution in [0.3, 0.4) is 0 Å². The first-order valence-corrected chi connectivity index (χ1v) is 5.76. The molecule has 0 unspecified atom stereocenters. The Morgan fingerprint density at radius 3 is 1.81 bits per heavy atom. The zero-order valence-corrected chi connectivity index (χ0v) is 11.9. The number of allylic oxidation sites excluding steroid dienone is 1. The van der Waals surface area contributed by atoms with E-state index in [1.807, 2.05) is 0 Å². The van der Waals surface area contributed by atoms with Crippen molar-refractivity contribution in [1.82, 2.24) is 5.32 Å². The monoisotopic (exact) mass is 311 g/mol. The highest BCUT2D eigenvalue weighted by Gasteiger charge is 2.56. The van der Waals surface area contributed by atoms with Crippen LogP contribution in [0.4, 0.5) is 13.2 Å². The molecule has 0 heterocycles. The van der Waals surface area contributed by atoms with Crippen LogP contribution < -0.4 is 5.32 Å². The number of rotatable bonds is 5. The molecule has 21 heavy (non-hydrogen) atoms. The highest BCUT2D eigenvalue weighted by molar-refractivity contribution is 6.08. The average Bonchev–Trinajstić information content (AvgIpc) is 2.41. The van der Waals surface area contributed by atoms with Crippen LogP contribution >= 0.6 is 0 Å². The predicted molar refractivity (Wildman–Crippen MR) is 64.9 cm³/mol. The lowest BCUT2D eigenvalue weighted by Crippen LogP contribution is -2.66. The number of nitrogens with one attached hydrogen (secondary N) is 1. The van der Waals surface area contributed by atoms with Crippen molar-refractivity contribution in [3.63, 3.8) is 0 Å². The van der Waals surface area contributed by atoms with Crippen molar-refractivity contribution in [1.29, 1.82) is 0 Å². The number of hydrogen-bond acceptors (Lipinski definition) is 5. The summed E-state index contributed by atoms with van der Waals surface area (Å²) in [5.74, 6) is -6.31. The standard InChI is InChI=1S/C12H16F3NO5/c1-5-6-7(2)11(9(18)20-3,10(19)21-4)16-8(17)12(13,14)15/h5-7H,1-4H3,(H,16,17)/b6-5+/t7-/m0/s1. The molecule has 1 amide bonds. The first-order valence-electron chi connectivity index (χ1n) is 5.76. The summed E-state index contributed by atoms with van der Waals surface area (Å²) < 4.78 is 46.0. The highest BCUT2D eigenvalue weighted by atomic mass is 19.4. The zero-order valence-electron chi connectivity index (χ0n) is 11.9. The smallest absolute Gasteiger partial charge is 0.467 e. The largest absolute Gasteiger partial charge is 0.471 e. The number of alkyl halides is 3. The number of halogens is 3. The Hall–Kier alpha value is -2.06. The Bertz CT molecular complexity index is 429. The van der Waals surface area contributed by atoms with Gasteiger partial charge in [0.05, 0.1) is 14.2 Å². The van der Waals surface area contributed by atoms with Crippen molar-refractivity contribution in [3.05, 3.63) is 12.2 Å². The van der Waals surface area contributed by atoms with E-state index in [-0.39, 0.29) is 0 Å². The molecular weight excluding hydrogens is 295 g/mol. The van der Waals surface area contributed by atoms with Crippen LogP contribution in [0, 0.1) is 5.92 Å². The molecule has 1 atom stereocenters. The van der Waals surface area contributed by atoms with Gasteiger partial charge in [0.2, 0.25) is 5.54 Å². The molecule has 120 valence electrons.